The average molecular weight is 636 g/mol. The normalized spacial score (nSPS) is 19.5. The molecule has 14 heteroatoms. The Kier molecular flexibility index (Phi) is 8.90. The summed E-state index contributed by atoms with van der Waals surface area (Å²) in [6.45, 7) is 8.98. The molecule has 5 rings (SSSR count). The number of pyridine rings is 1. The Morgan fingerprint density at radius 2 is 1.95 bits per heavy atom. The van der Waals surface area contributed by atoms with Crippen LogP contribution in [0.4, 0.5) is 29.2 Å². The van der Waals surface area contributed by atoms with E-state index < -0.39 is 28.8 Å². The van der Waals surface area contributed by atoms with E-state index in [1.165, 1.54) is 19.1 Å². The van der Waals surface area contributed by atoms with Crippen LogP contribution in [0.15, 0.2) is 24.8 Å². The minimum Gasteiger partial charge on any atom is -0.462 e. The van der Waals surface area contributed by atoms with Crippen molar-refractivity contribution >= 4 is 40.0 Å². The van der Waals surface area contributed by atoms with Gasteiger partial charge in [-0.15, -0.1) is 0 Å². The number of nitrogen functional groups attached to an aromatic ring is 1. The number of likely N-dealkylation sites (tertiary alicyclic amines) is 1. The summed E-state index contributed by atoms with van der Waals surface area (Å²) in [6.07, 6.45) is -1.08. The molecule has 2 N–H and O–H groups in total. The van der Waals surface area contributed by atoms with Crippen LogP contribution >= 0.6 is 11.6 Å². The highest BCUT2D eigenvalue weighted by molar-refractivity contribution is 6.34. The van der Waals surface area contributed by atoms with Crippen LogP contribution in [0, 0.1) is 12.7 Å². The molecule has 9 nitrogen and oxygen atoms in total. The van der Waals surface area contributed by atoms with Crippen LogP contribution in [0.1, 0.15) is 37.3 Å². The lowest BCUT2D eigenvalue weighted by Crippen LogP contribution is -2.54. The van der Waals surface area contributed by atoms with Crippen molar-refractivity contribution in [2.45, 2.75) is 51.4 Å². The summed E-state index contributed by atoms with van der Waals surface area (Å²) in [6, 6.07) is 2.21. The number of piperazine rings is 1. The summed E-state index contributed by atoms with van der Waals surface area (Å²) < 4.78 is 65.3. The van der Waals surface area contributed by atoms with Crippen LogP contribution < -0.4 is 15.4 Å². The Bertz CT molecular complexity index is 1600. The van der Waals surface area contributed by atoms with Crippen molar-refractivity contribution in [2.75, 3.05) is 50.5 Å². The summed E-state index contributed by atoms with van der Waals surface area (Å²) >= 11 is 6.57. The number of hydrogen-bond acceptors (Lipinski definition) is 8. The number of carbonyl (C=O) groups excluding carboxylic acids is 1. The van der Waals surface area contributed by atoms with Gasteiger partial charge in [0.05, 0.1) is 21.8 Å². The molecule has 2 aromatic heterocycles. The fourth-order valence-corrected chi connectivity index (χ4v) is 6.35. The van der Waals surface area contributed by atoms with Gasteiger partial charge in [0.2, 0.25) is 5.91 Å². The molecule has 0 aliphatic carbocycles. The summed E-state index contributed by atoms with van der Waals surface area (Å²) in [5, 5.41) is -0.115. The highest BCUT2D eigenvalue weighted by Crippen LogP contribution is 2.45. The number of nitrogens with two attached hydrogens (primary N) is 1. The highest BCUT2D eigenvalue weighted by atomic mass is 35.5. The van der Waals surface area contributed by atoms with Gasteiger partial charge < -0.3 is 25.2 Å². The predicted molar refractivity (Wildman–Crippen MR) is 161 cm³/mol. The molecule has 2 saturated heterocycles. The zero-order valence-electron chi connectivity index (χ0n) is 24.7. The van der Waals surface area contributed by atoms with Gasteiger partial charge in [-0.2, -0.15) is 23.1 Å². The molecule has 1 amide bonds. The van der Waals surface area contributed by atoms with Gasteiger partial charge in [-0.25, -0.2) is 9.37 Å². The highest BCUT2D eigenvalue weighted by Gasteiger charge is 2.39. The molecule has 0 radical (unpaired) electrons. The predicted octanol–water partition coefficient (Wildman–Crippen LogP) is 5.48. The molecule has 0 spiro atoms. The summed E-state index contributed by atoms with van der Waals surface area (Å²) in [5.74, 6) is -1.21. The van der Waals surface area contributed by atoms with Gasteiger partial charge in [-0.1, -0.05) is 25.1 Å². The lowest BCUT2D eigenvalue weighted by Gasteiger charge is -2.42. The van der Waals surface area contributed by atoms with Crippen LogP contribution in [0.2, 0.25) is 5.02 Å². The Morgan fingerprint density at radius 1 is 1.20 bits per heavy atom. The van der Waals surface area contributed by atoms with E-state index in [1.807, 2.05) is 18.9 Å². The monoisotopic (exact) mass is 635 g/mol. The standard InChI is InChI=1S/C30H34ClF4N7O2/c1-5-17-14-41(22(43)6-2)10-11-42(17)28-19-13-20(31)23(27-24(30(33,34)35)16(3)12-21(36)37-27)25(32)26(19)38-29(39-28)44-15-18-8-7-9-40(18)4/h6,12-13,17-18H,2,5,7-11,14-15H2,1,3-4H3,(H2,36,37)/t17-,18+/m0/s1. The number of carbonyl (C=O) groups is 1. The first-order valence-corrected chi connectivity index (χ1v) is 14.8. The number of likely N-dealkylation sites (N-methyl/N-ethyl adjacent to an activating group) is 1. The maximum atomic E-state index is 16.6. The van der Waals surface area contributed by atoms with E-state index in [0.29, 0.717) is 31.9 Å². The van der Waals surface area contributed by atoms with Crippen molar-refractivity contribution in [3.63, 3.8) is 0 Å². The summed E-state index contributed by atoms with van der Waals surface area (Å²) in [5.41, 5.74) is 2.90. The maximum absolute atomic E-state index is 16.6. The number of hydrogen-bond donors (Lipinski definition) is 1. The topological polar surface area (TPSA) is 101 Å². The Balaban J connectivity index is 1.69. The molecule has 0 unspecified atom stereocenters. The third kappa shape index (κ3) is 5.99. The minimum atomic E-state index is -4.86. The molecule has 0 saturated carbocycles. The van der Waals surface area contributed by atoms with Crippen molar-refractivity contribution < 1.29 is 27.1 Å². The molecule has 4 heterocycles. The van der Waals surface area contributed by atoms with Gasteiger partial charge in [0, 0.05) is 37.1 Å². The second-order valence-electron chi connectivity index (χ2n) is 11.2. The number of halogens is 5. The number of nitrogens with zero attached hydrogens (tertiary/aromatic N) is 6. The van der Waals surface area contributed by atoms with Gasteiger partial charge in [0.15, 0.2) is 5.82 Å². The fourth-order valence-electron chi connectivity index (χ4n) is 6.07. The average Bonchev–Trinajstić information content (AvgIpc) is 3.38. The zero-order valence-corrected chi connectivity index (χ0v) is 25.5. The van der Waals surface area contributed by atoms with E-state index in [-0.39, 0.29) is 57.9 Å². The first-order valence-electron chi connectivity index (χ1n) is 14.4. The largest absolute Gasteiger partial charge is 0.462 e. The Morgan fingerprint density at radius 3 is 2.59 bits per heavy atom. The first-order chi connectivity index (χ1) is 20.8. The van der Waals surface area contributed by atoms with E-state index in [2.05, 4.69) is 26.4 Å². The molecule has 2 aliphatic heterocycles. The van der Waals surface area contributed by atoms with Crippen LogP contribution in [0.25, 0.3) is 22.2 Å². The summed E-state index contributed by atoms with van der Waals surface area (Å²) in [4.78, 5) is 31.0. The van der Waals surface area contributed by atoms with Crippen molar-refractivity contribution in [3.8, 4) is 17.3 Å². The van der Waals surface area contributed by atoms with Crippen LogP contribution in [-0.2, 0) is 11.0 Å². The molecule has 2 fully saturated rings. The van der Waals surface area contributed by atoms with Crippen molar-refractivity contribution in [3.05, 3.63) is 46.8 Å². The molecule has 44 heavy (non-hydrogen) atoms. The van der Waals surface area contributed by atoms with E-state index in [1.54, 1.807) is 4.90 Å². The Labute approximate surface area is 257 Å². The van der Waals surface area contributed by atoms with Crippen LogP contribution in [0.3, 0.4) is 0 Å². The van der Waals surface area contributed by atoms with E-state index >= 15 is 4.39 Å². The van der Waals surface area contributed by atoms with Gasteiger partial charge in [0.25, 0.3) is 0 Å². The molecule has 0 bridgehead atoms. The van der Waals surface area contributed by atoms with Crippen molar-refractivity contribution in [1.29, 1.82) is 0 Å². The van der Waals surface area contributed by atoms with Gasteiger partial charge in [-0.3, -0.25) is 4.79 Å². The third-order valence-corrected chi connectivity index (χ3v) is 8.69. The van der Waals surface area contributed by atoms with Crippen molar-refractivity contribution in [2.24, 2.45) is 0 Å². The van der Waals surface area contributed by atoms with Crippen LogP contribution in [0.5, 0.6) is 6.01 Å². The Hall–Kier alpha value is -3.71. The number of fused-ring (bicyclic) bond motifs is 1. The molecular formula is C30H34ClF4N7O2. The minimum absolute atomic E-state index is 0.106. The number of aryl methyl sites for hydroxylation is 1. The number of benzene rings is 1. The molecule has 236 valence electrons. The van der Waals surface area contributed by atoms with Crippen molar-refractivity contribution in [1.82, 2.24) is 24.8 Å². The number of anilines is 2. The number of alkyl halides is 3. The smallest absolute Gasteiger partial charge is 0.418 e. The van der Waals surface area contributed by atoms with E-state index in [4.69, 9.17) is 22.1 Å². The van der Waals surface area contributed by atoms with E-state index in [0.717, 1.165) is 25.5 Å². The molecule has 2 aliphatic rings. The van der Waals surface area contributed by atoms with Gasteiger partial charge in [-0.05, 0) is 63.6 Å². The third-order valence-electron chi connectivity index (χ3n) is 8.39. The molecule has 3 aromatic rings. The number of ether oxygens (including phenoxy) is 1. The SMILES string of the molecule is C=CC(=O)N1CCN(c2nc(OC[C@H]3CCCN3C)nc3c(F)c(-c4nc(N)cc(C)c4C(F)(F)F)c(Cl)cc23)[C@@H](CC)C1. The molecule has 2 atom stereocenters. The van der Waals surface area contributed by atoms with Crippen LogP contribution in [-0.4, -0.2) is 82.6 Å². The second-order valence-corrected chi connectivity index (χ2v) is 11.6. The number of aromatic nitrogens is 3. The summed E-state index contributed by atoms with van der Waals surface area (Å²) in [7, 11) is 1.98. The maximum Gasteiger partial charge on any atom is 0.418 e. The lowest BCUT2D eigenvalue weighted by molar-refractivity contribution is -0.137. The quantitative estimate of drug-likeness (QED) is 0.269. The lowest BCUT2D eigenvalue weighted by atomic mass is 9.98. The zero-order chi connectivity index (χ0) is 31.9. The van der Waals surface area contributed by atoms with Gasteiger partial charge in [0.1, 0.15) is 23.8 Å². The molecular weight excluding hydrogens is 602 g/mol. The fraction of sp³-hybridized carbons (Fsp3) is 0.467. The second kappa shape index (κ2) is 12.4. The first kappa shape index (κ1) is 31.7. The molecule has 1 aromatic carbocycles. The number of rotatable bonds is 7. The van der Waals surface area contributed by atoms with Gasteiger partial charge >= 0.3 is 12.2 Å². The van der Waals surface area contributed by atoms with E-state index in [9.17, 15) is 18.0 Å². The number of amides is 1.